The first-order valence-corrected chi connectivity index (χ1v) is 4.89. The summed E-state index contributed by atoms with van der Waals surface area (Å²) in [5.74, 6) is -1.73. The molecule has 4 nitrogen and oxygen atoms in total. The Morgan fingerprint density at radius 3 is 2.50 bits per heavy atom. The number of carbonyl (C=O) groups excluding carboxylic acids is 1. The predicted molar refractivity (Wildman–Crippen MR) is 60.3 cm³/mol. The number of carbonyl (C=O) groups is 2. The number of halogens is 1. The van der Waals surface area contributed by atoms with E-state index in [0.29, 0.717) is 0 Å². The van der Waals surface area contributed by atoms with Gasteiger partial charge in [0.25, 0.3) is 5.91 Å². The summed E-state index contributed by atoms with van der Waals surface area (Å²) in [4.78, 5) is 22.3. The summed E-state index contributed by atoms with van der Waals surface area (Å²) < 4.78 is 0. The SMILES string of the molecule is C/C=C(/NC(=O)c1ccccc1Cl)C(=O)O. The maximum Gasteiger partial charge on any atom is 0.352 e. The Kier molecular flexibility index (Phi) is 4.08. The highest BCUT2D eigenvalue weighted by Gasteiger charge is 2.14. The van der Waals surface area contributed by atoms with Crippen LogP contribution in [0.2, 0.25) is 5.02 Å². The number of aliphatic carboxylic acids is 1. The minimum atomic E-state index is -1.19. The minimum absolute atomic E-state index is 0.176. The molecule has 0 saturated heterocycles. The Hall–Kier alpha value is -1.81. The highest BCUT2D eigenvalue weighted by atomic mass is 35.5. The Labute approximate surface area is 97.5 Å². The van der Waals surface area contributed by atoms with Gasteiger partial charge < -0.3 is 10.4 Å². The van der Waals surface area contributed by atoms with Crippen LogP contribution in [-0.4, -0.2) is 17.0 Å². The van der Waals surface area contributed by atoms with E-state index in [1.54, 1.807) is 18.2 Å². The summed E-state index contributed by atoms with van der Waals surface area (Å²) in [6.07, 6.45) is 1.30. The van der Waals surface area contributed by atoms with Crippen molar-refractivity contribution in [3.05, 3.63) is 46.6 Å². The number of carboxylic acid groups (broad SMARTS) is 1. The van der Waals surface area contributed by atoms with Gasteiger partial charge in [0.15, 0.2) is 0 Å². The number of allylic oxidation sites excluding steroid dienone is 1. The van der Waals surface area contributed by atoms with Crippen LogP contribution >= 0.6 is 11.6 Å². The average molecular weight is 240 g/mol. The normalized spacial score (nSPS) is 11.0. The van der Waals surface area contributed by atoms with Crippen molar-refractivity contribution in [2.75, 3.05) is 0 Å². The van der Waals surface area contributed by atoms with Gasteiger partial charge in [-0.05, 0) is 19.1 Å². The lowest BCUT2D eigenvalue weighted by Crippen LogP contribution is -2.27. The molecular formula is C11H10ClNO3. The van der Waals surface area contributed by atoms with E-state index < -0.39 is 11.9 Å². The molecule has 1 amide bonds. The Morgan fingerprint density at radius 2 is 2.00 bits per heavy atom. The van der Waals surface area contributed by atoms with E-state index in [4.69, 9.17) is 16.7 Å². The quantitative estimate of drug-likeness (QED) is 0.794. The number of rotatable bonds is 3. The lowest BCUT2D eigenvalue weighted by molar-refractivity contribution is -0.133. The molecule has 0 heterocycles. The van der Waals surface area contributed by atoms with Crippen LogP contribution in [0.25, 0.3) is 0 Å². The fourth-order valence-corrected chi connectivity index (χ4v) is 1.31. The second kappa shape index (κ2) is 5.32. The molecule has 0 aliphatic heterocycles. The van der Waals surface area contributed by atoms with Crippen molar-refractivity contribution in [1.29, 1.82) is 0 Å². The number of nitrogens with one attached hydrogen (secondary N) is 1. The Bertz CT molecular complexity index is 454. The first-order chi connectivity index (χ1) is 7.56. The molecule has 84 valence electrons. The first kappa shape index (κ1) is 12.3. The van der Waals surface area contributed by atoms with Crippen molar-refractivity contribution in [3.63, 3.8) is 0 Å². The molecule has 0 atom stereocenters. The molecule has 0 bridgehead atoms. The van der Waals surface area contributed by atoms with E-state index in [1.807, 2.05) is 0 Å². The van der Waals surface area contributed by atoms with Crippen LogP contribution in [0.15, 0.2) is 36.0 Å². The number of hydrogen-bond acceptors (Lipinski definition) is 2. The van der Waals surface area contributed by atoms with Gasteiger partial charge >= 0.3 is 5.97 Å². The Morgan fingerprint density at radius 1 is 1.38 bits per heavy atom. The molecule has 5 heteroatoms. The average Bonchev–Trinajstić information content (AvgIpc) is 2.25. The summed E-state index contributed by atoms with van der Waals surface area (Å²) in [6, 6.07) is 6.42. The standard InChI is InChI=1S/C11H10ClNO3/c1-2-9(11(15)16)13-10(14)7-5-3-4-6-8(7)12/h2-6H,1H3,(H,13,14)(H,15,16)/b9-2+. The van der Waals surface area contributed by atoms with Crippen LogP contribution in [0.1, 0.15) is 17.3 Å². The van der Waals surface area contributed by atoms with Crippen molar-refractivity contribution in [3.8, 4) is 0 Å². The van der Waals surface area contributed by atoms with Gasteiger partial charge in [-0.3, -0.25) is 4.79 Å². The molecule has 1 aromatic carbocycles. The minimum Gasteiger partial charge on any atom is -0.477 e. The third kappa shape index (κ3) is 2.84. The van der Waals surface area contributed by atoms with Crippen LogP contribution in [0, 0.1) is 0 Å². The summed E-state index contributed by atoms with van der Waals surface area (Å²) in [7, 11) is 0. The van der Waals surface area contributed by atoms with Crippen LogP contribution in [0.4, 0.5) is 0 Å². The van der Waals surface area contributed by atoms with Crippen LogP contribution < -0.4 is 5.32 Å². The third-order valence-electron chi connectivity index (χ3n) is 1.89. The molecule has 0 radical (unpaired) electrons. The lowest BCUT2D eigenvalue weighted by Gasteiger charge is -2.06. The van der Waals surface area contributed by atoms with E-state index in [9.17, 15) is 9.59 Å². The van der Waals surface area contributed by atoms with Crippen molar-refractivity contribution in [2.45, 2.75) is 6.92 Å². The molecule has 0 unspecified atom stereocenters. The van der Waals surface area contributed by atoms with Crippen molar-refractivity contribution in [2.24, 2.45) is 0 Å². The van der Waals surface area contributed by atoms with Gasteiger partial charge in [0.1, 0.15) is 5.70 Å². The number of benzene rings is 1. The first-order valence-electron chi connectivity index (χ1n) is 4.51. The fraction of sp³-hybridized carbons (Fsp3) is 0.0909. The van der Waals surface area contributed by atoms with E-state index in [-0.39, 0.29) is 16.3 Å². The van der Waals surface area contributed by atoms with Gasteiger partial charge in [-0.2, -0.15) is 0 Å². The molecule has 1 aromatic rings. The zero-order chi connectivity index (χ0) is 12.1. The second-order valence-corrected chi connectivity index (χ2v) is 3.35. The fourth-order valence-electron chi connectivity index (χ4n) is 1.08. The van der Waals surface area contributed by atoms with Crippen molar-refractivity contribution in [1.82, 2.24) is 5.32 Å². The van der Waals surface area contributed by atoms with Crippen molar-refractivity contribution >= 4 is 23.5 Å². The molecule has 0 aromatic heterocycles. The predicted octanol–water partition coefficient (Wildman–Crippen LogP) is 2.06. The largest absolute Gasteiger partial charge is 0.477 e. The smallest absolute Gasteiger partial charge is 0.352 e. The van der Waals surface area contributed by atoms with Gasteiger partial charge in [0.2, 0.25) is 0 Å². The molecule has 0 spiro atoms. The molecule has 0 aliphatic rings. The van der Waals surface area contributed by atoms with Gasteiger partial charge in [-0.25, -0.2) is 4.79 Å². The monoisotopic (exact) mass is 239 g/mol. The number of carboxylic acids is 1. The van der Waals surface area contributed by atoms with Crippen LogP contribution in [0.5, 0.6) is 0 Å². The van der Waals surface area contributed by atoms with Gasteiger partial charge in [0, 0.05) is 0 Å². The molecule has 0 saturated carbocycles. The zero-order valence-electron chi connectivity index (χ0n) is 8.53. The zero-order valence-corrected chi connectivity index (χ0v) is 9.28. The second-order valence-electron chi connectivity index (χ2n) is 2.94. The molecule has 1 rings (SSSR count). The number of amides is 1. The topological polar surface area (TPSA) is 66.4 Å². The molecular weight excluding hydrogens is 230 g/mol. The highest BCUT2D eigenvalue weighted by molar-refractivity contribution is 6.33. The lowest BCUT2D eigenvalue weighted by atomic mass is 10.2. The van der Waals surface area contributed by atoms with Gasteiger partial charge in [0.05, 0.1) is 10.6 Å². The molecule has 16 heavy (non-hydrogen) atoms. The summed E-state index contributed by atoms with van der Waals surface area (Å²) in [5, 5.41) is 11.3. The van der Waals surface area contributed by atoms with Crippen LogP contribution in [0.3, 0.4) is 0 Å². The van der Waals surface area contributed by atoms with E-state index >= 15 is 0 Å². The molecule has 0 fully saturated rings. The van der Waals surface area contributed by atoms with Gasteiger partial charge in [-0.1, -0.05) is 29.8 Å². The molecule has 0 aliphatic carbocycles. The van der Waals surface area contributed by atoms with E-state index in [1.165, 1.54) is 19.1 Å². The summed E-state index contributed by atoms with van der Waals surface area (Å²) >= 11 is 5.80. The maximum absolute atomic E-state index is 11.6. The number of hydrogen-bond donors (Lipinski definition) is 2. The highest BCUT2D eigenvalue weighted by Crippen LogP contribution is 2.14. The van der Waals surface area contributed by atoms with Crippen LogP contribution in [-0.2, 0) is 4.79 Å². The van der Waals surface area contributed by atoms with E-state index in [2.05, 4.69) is 5.32 Å². The van der Waals surface area contributed by atoms with Crippen molar-refractivity contribution < 1.29 is 14.7 Å². The Balaban J connectivity index is 2.89. The van der Waals surface area contributed by atoms with E-state index in [0.717, 1.165) is 0 Å². The maximum atomic E-state index is 11.6. The summed E-state index contributed by atoms with van der Waals surface area (Å²) in [6.45, 7) is 1.52. The molecule has 2 N–H and O–H groups in total. The third-order valence-corrected chi connectivity index (χ3v) is 2.22. The van der Waals surface area contributed by atoms with Gasteiger partial charge in [-0.15, -0.1) is 0 Å². The summed E-state index contributed by atoms with van der Waals surface area (Å²) in [5.41, 5.74) is 0.0645.